The molecule has 0 saturated heterocycles. The molecule has 4 heteroatoms. The zero-order chi connectivity index (χ0) is 26.7. The van der Waals surface area contributed by atoms with Gasteiger partial charge in [0.15, 0.2) is 0 Å². The number of hydrogen-bond donors (Lipinski definition) is 1. The number of imidazole rings is 1. The highest BCUT2D eigenvalue weighted by Gasteiger charge is 2.38. The normalized spacial score (nSPS) is 12.4. The molecule has 0 amide bonds. The predicted molar refractivity (Wildman–Crippen MR) is 156 cm³/mol. The predicted octanol–water partition coefficient (Wildman–Crippen LogP) is 7.36. The van der Waals surface area contributed by atoms with Crippen molar-refractivity contribution in [2.75, 3.05) is 6.61 Å². The van der Waals surface area contributed by atoms with E-state index in [9.17, 15) is 5.11 Å². The Balaban J connectivity index is 1.47. The summed E-state index contributed by atoms with van der Waals surface area (Å²) in [5.41, 5.74) is 4.03. The summed E-state index contributed by atoms with van der Waals surface area (Å²) in [6.07, 6.45) is 2.93. The zero-order valence-corrected chi connectivity index (χ0v) is 21.8. The third kappa shape index (κ3) is 4.49. The summed E-state index contributed by atoms with van der Waals surface area (Å²) in [6.45, 7) is 2.60. The van der Waals surface area contributed by atoms with Gasteiger partial charge in [-0.05, 0) is 58.1 Å². The summed E-state index contributed by atoms with van der Waals surface area (Å²) in [5, 5.41) is 13.6. The lowest BCUT2D eigenvalue weighted by Crippen LogP contribution is -2.37. The first-order valence-corrected chi connectivity index (χ1v) is 13.3. The van der Waals surface area contributed by atoms with E-state index in [1.54, 1.807) is 0 Å². The standard InChI is InChI=1S/C35H30N2O2/c1-2-39-32-21-20-26-22-28(19-18-27(26)23-32)34(38)33-24-37(25-36-33)35(29-12-6-3-7-13-29,30-14-8-4-9-15-30)31-16-10-5-11-17-31/h3-25,34,38H,2H2,1H3. The largest absolute Gasteiger partial charge is 0.494 e. The van der Waals surface area contributed by atoms with Gasteiger partial charge in [-0.3, -0.25) is 0 Å². The molecule has 1 N–H and O–H groups in total. The molecule has 6 aromatic rings. The number of aliphatic hydroxyl groups is 1. The van der Waals surface area contributed by atoms with E-state index in [0.717, 1.165) is 38.8 Å². The molecule has 0 spiro atoms. The van der Waals surface area contributed by atoms with Crippen molar-refractivity contribution in [3.63, 3.8) is 0 Å². The van der Waals surface area contributed by atoms with E-state index in [-0.39, 0.29) is 0 Å². The highest BCUT2D eigenvalue weighted by atomic mass is 16.5. The van der Waals surface area contributed by atoms with Gasteiger partial charge in [0.1, 0.15) is 17.4 Å². The molecular formula is C35H30N2O2. The van der Waals surface area contributed by atoms with E-state index in [4.69, 9.17) is 9.72 Å². The minimum atomic E-state index is -0.873. The number of aromatic nitrogens is 2. The SMILES string of the molecule is CCOc1ccc2cc(C(O)c3cn(C(c4ccccc4)(c4ccccc4)c4ccccc4)cn3)ccc2c1. The third-order valence-corrected chi connectivity index (χ3v) is 7.31. The van der Waals surface area contributed by atoms with Crippen molar-refractivity contribution in [3.8, 4) is 5.75 Å². The van der Waals surface area contributed by atoms with Crippen LogP contribution in [0.4, 0.5) is 0 Å². The number of benzene rings is 5. The Hall–Kier alpha value is -4.67. The maximum absolute atomic E-state index is 11.5. The highest BCUT2D eigenvalue weighted by Crippen LogP contribution is 2.41. The lowest BCUT2D eigenvalue weighted by Gasteiger charge is -2.37. The van der Waals surface area contributed by atoms with Gasteiger partial charge in [-0.25, -0.2) is 4.98 Å². The van der Waals surface area contributed by atoms with Crippen LogP contribution in [0.5, 0.6) is 5.75 Å². The van der Waals surface area contributed by atoms with Crippen LogP contribution in [-0.4, -0.2) is 21.3 Å². The topological polar surface area (TPSA) is 47.3 Å². The first kappa shape index (κ1) is 24.7. The lowest BCUT2D eigenvalue weighted by atomic mass is 9.77. The summed E-state index contributed by atoms with van der Waals surface area (Å²) in [6, 6.07) is 43.4. The Morgan fingerprint density at radius 3 is 1.82 bits per heavy atom. The van der Waals surface area contributed by atoms with Crippen LogP contribution < -0.4 is 4.74 Å². The van der Waals surface area contributed by atoms with E-state index >= 15 is 0 Å². The van der Waals surface area contributed by atoms with Crippen LogP contribution in [0.1, 0.15) is 41.0 Å². The van der Waals surface area contributed by atoms with Crippen LogP contribution in [0.15, 0.2) is 140 Å². The van der Waals surface area contributed by atoms with Gasteiger partial charge in [-0.15, -0.1) is 0 Å². The first-order chi connectivity index (χ1) is 19.2. The molecule has 0 aliphatic carbocycles. The molecule has 0 radical (unpaired) electrons. The molecule has 0 bridgehead atoms. The van der Waals surface area contributed by atoms with Crippen LogP contribution in [0.25, 0.3) is 10.8 Å². The van der Waals surface area contributed by atoms with Gasteiger partial charge >= 0.3 is 0 Å². The molecule has 5 aromatic carbocycles. The van der Waals surface area contributed by atoms with Crippen LogP contribution in [0.2, 0.25) is 0 Å². The van der Waals surface area contributed by atoms with Gasteiger partial charge in [-0.2, -0.15) is 0 Å². The van der Waals surface area contributed by atoms with E-state index in [1.807, 2.05) is 74.0 Å². The van der Waals surface area contributed by atoms with Crippen LogP contribution >= 0.6 is 0 Å². The molecule has 1 aromatic heterocycles. The zero-order valence-electron chi connectivity index (χ0n) is 21.8. The van der Waals surface area contributed by atoms with Crippen molar-refractivity contribution < 1.29 is 9.84 Å². The number of aliphatic hydroxyl groups excluding tert-OH is 1. The quantitative estimate of drug-likeness (QED) is 0.218. The number of nitrogens with zero attached hydrogens (tertiary/aromatic N) is 2. The number of rotatable bonds is 8. The molecule has 1 heterocycles. The maximum atomic E-state index is 11.5. The number of fused-ring (bicyclic) bond motifs is 1. The van der Waals surface area contributed by atoms with Crippen molar-refractivity contribution in [2.24, 2.45) is 0 Å². The molecule has 39 heavy (non-hydrogen) atoms. The fraction of sp³-hybridized carbons (Fsp3) is 0.114. The molecule has 0 aliphatic rings. The van der Waals surface area contributed by atoms with Crippen molar-refractivity contribution in [3.05, 3.63) is 168 Å². The first-order valence-electron chi connectivity index (χ1n) is 13.3. The monoisotopic (exact) mass is 510 g/mol. The number of hydrogen-bond acceptors (Lipinski definition) is 3. The molecule has 1 unspecified atom stereocenters. The summed E-state index contributed by atoms with van der Waals surface area (Å²) in [4.78, 5) is 4.75. The molecular weight excluding hydrogens is 480 g/mol. The Bertz CT molecular complexity index is 1580. The fourth-order valence-electron chi connectivity index (χ4n) is 5.49. The average molecular weight is 511 g/mol. The van der Waals surface area contributed by atoms with Gasteiger partial charge < -0.3 is 14.4 Å². The second-order valence-corrected chi connectivity index (χ2v) is 9.62. The average Bonchev–Trinajstić information content (AvgIpc) is 3.49. The molecule has 4 nitrogen and oxygen atoms in total. The smallest absolute Gasteiger partial charge is 0.123 e. The van der Waals surface area contributed by atoms with E-state index in [1.165, 1.54) is 0 Å². The molecule has 0 fully saturated rings. The maximum Gasteiger partial charge on any atom is 0.123 e. The second-order valence-electron chi connectivity index (χ2n) is 9.62. The minimum absolute atomic E-state index is 0.590. The summed E-state index contributed by atoms with van der Waals surface area (Å²) in [5.74, 6) is 0.844. The van der Waals surface area contributed by atoms with E-state index in [0.29, 0.717) is 12.3 Å². The van der Waals surface area contributed by atoms with Crippen LogP contribution in [0, 0.1) is 0 Å². The third-order valence-electron chi connectivity index (χ3n) is 7.31. The Morgan fingerprint density at radius 2 is 1.26 bits per heavy atom. The Kier molecular flexibility index (Phi) is 6.70. The minimum Gasteiger partial charge on any atom is -0.494 e. The molecule has 6 rings (SSSR count). The molecule has 0 saturated carbocycles. The molecule has 192 valence electrons. The van der Waals surface area contributed by atoms with Crippen LogP contribution in [0.3, 0.4) is 0 Å². The van der Waals surface area contributed by atoms with Gasteiger partial charge in [0.2, 0.25) is 0 Å². The van der Waals surface area contributed by atoms with Gasteiger partial charge in [-0.1, -0.05) is 109 Å². The summed E-state index contributed by atoms with van der Waals surface area (Å²) in [7, 11) is 0. The van der Waals surface area contributed by atoms with E-state index in [2.05, 4.69) is 77.4 Å². The van der Waals surface area contributed by atoms with Gasteiger partial charge in [0.05, 0.1) is 18.6 Å². The molecule has 1 atom stereocenters. The summed E-state index contributed by atoms with van der Waals surface area (Å²) >= 11 is 0. The lowest BCUT2D eigenvalue weighted by molar-refractivity contribution is 0.216. The molecule has 0 aliphatic heterocycles. The Morgan fingerprint density at radius 1 is 0.718 bits per heavy atom. The summed E-state index contributed by atoms with van der Waals surface area (Å²) < 4.78 is 7.77. The Labute approximate surface area is 228 Å². The highest BCUT2D eigenvalue weighted by molar-refractivity contribution is 5.84. The van der Waals surface area contributed by atoms with Crippen molar-refractivity contribution in [2.45, 2.75) is 18.6 Å². The second kappa shape index (κ2) is 10.6. The fourth-order valence-corrected chi connectivity index (χ4v) is 5.49. The number of ether oxygens (including phenoxy) is 1. The van der Waals surface area contributed by atoms with Gasteiger partial charge in [0, 0.05) is 6.20 Å². The van der Waals surface area contributed by atoms with E-state index < -0.39 is 11.6 Å². The van der Waals surface area contributed by atoms with Gasteiger partial charge in [0.25, 0.3) is 0 Å². The van der Waals surface area contributed by atoms with Crippen molar-refractivity contribution >= 4 is 10.8 Å². The van der Waals surface area contributed by atoms with Crippen molar-refractivity contribution in [1.82, 2.24) is 9.55 Å². The van der Waals surface area contributed by atoms with Crippen molar-refractivity contribution in [1.29, 1.82) is 0 Å². The van der Waals surface area contributed by atoms with Crippen LogP contribution in [-0.2, 0) is 5.54 Å².